The van der Waals surface area contributed by atoms with Gasteiger partial charge in [0, 0.05) is 19.0 Å². The summed E-state index contributed by atoms with van der Waals surface area (Å²) < 4.78 is 5.43. The second-order valence-electron chi connectivity index (χ2n) is 3.41. The Labute approximate surface area is 97.7 Å². The van der Waals surface area contributed by atoms with Gasteiger partial charge in [0.2, 0.25) is 0 Å². The van der Waals surface area contributed by atoms with Gasteiger partial charge in [0.05, 0.1) is 0 Å². The number of nitrogens with one attached hydrogen (secondary N) is 1. The van der Waals surface area contributed by atoms with Gasteiger partial charge in [-0.1, -0.05) is 18.2 Å². The molecule has 5 heteroatoms. The first-order valence-electron chi connectivity index (χ1n) is 5.21. The highest BCUT2D eigenvalue weighted by atomic mass is 16.5. The Balaban J connectivity index is 2.30. The summed E-state index contributed by atoms with van der Waals surface area (Å²) in [6.07, 6.45) is 3.36. The number of aromatic amines is 1. The highest BCUT2D eigenvalue weighted by molar-refractivity contribution is 5.35. The molecule has 2 N–H and O–H groups in total. The number of hydrogen-bond donors (Lipinski definition) is 2. The van der Waals surface area contributed by atoms with Crippen LogP contribution in [0.3, 0.4) is 0 Å². The van der Waals surface area contributed by atoms with Crippen LogP contribution in [-0.4, -0.2) is 21.7 Å². The zero-order valence-corrected chi connectivity index (χ0v) is 9.09. The summed E-state index contributed by atoms with van der Waals surface area (Å²) in [4.78, 5) is 17.7. The fourth-order valence-corrected chi connectivity index (χ4v) is 1.45. The minimum Gasteiger partial charge on any atom is -0.434 e. The molecule has 1 aromatic heterocycles. The third-order valence-corrected chi connectivity index (χ3v) is 2.24. The number of aliphatic hydroxyl groups excluding tert-OH is 1. The molecular formula is C12H12N2O3. The number of aromatic nitrogens is 2. The maximum absolute atomic E-state index is 11.4. The molecule has 0 radical (unpaired) electrons. The second-order valence-corrected chi connectivity index (χ2v) is 3.41. The monoisotopic (exact) mass is 232 g/mol. The fraction of sp³-hybridized carbons (Fsp3) is 0.167. The van der Waals surface area contributed by atoms with Crippen LogP contribution >= 0.6 is 0 Å². The van der Waals surface area contributed by atoms with E-state index in [-0.39, 0.29) is 18.0 Å². The number of rotatable bonds is 4. The van der Waals surface area contributed by atoms with Crippen LogP contribution in [0.1, 0.15) is 5.56 Å². The van der Waals surface area contributed by atoms with Crippen LogP contribution in [0.25, 0.3) is 0 Å². The van der Waals surface area contributed by atoms with Crippen molar-refractivity contribution in [3.8, 4) is 11.6 Å². The van der Waals surface area contributed by atoms with Gasteiger partial charge in [0.1, 0.15) is 5.75 Å². The lowest BCUT2D eigenvalue weighted by molar-refractivity contribution is 0.297. The molecule has 0 bridgehead atoms. The molecule has 0 aliphatic carbocycles. The van der Waals surface area contributed by atoms with E-state index in [1.54, 1.807) is 12.1 Å². The molecule has 88 valence electrons. The lowest BCUT2D eigenvalue weighted by atomic mass is 10.1. The Kier molecular flexibility index (Phi) is 3.52. The van der Waals surface area contributed by atoms with Crippen molar-refractivity contribution in [3.63, 3.8) is 0 Å². The van der Waals surface area contributed by atoms with Crippen molar-refractivity contribution in [2.75, 3.05) is 6.61 Å². The van der Waals surface area contributed by atoms with Crippen LogP contribution in [0.2, 0.25) is 0 Å². The molecule has 0 unspecified atom stereocenters. The van der Waals surface area contributed by atoms with Crippen LogP contribution in [0.15, 0.2) is 41.5 Å². The zero-order chi connectivity index (χ0) is 12.1. The molecule has 0 aliphatic heterocycles. The van der Waals surface area contributed by atoms with E-state index in [1.165, 1.54) is 12.4 Å². The SMILES string of the molecule is O=c1[nH]ccnc1Oc1ccccc1CCO. The van der Waals surface area contributed by atoms with E-state index in [4.69, 9.17) is 9.84 Å². The van der Waals surface area contributed by atoms with Crippen LogP contribution in [-0.2, 0) is 6.42 Å². The number of aliphatic hydroxyl groups is 1. The fourth-order valence-electron chi connectivity index (χ4n) is 1.45. The highest BCUT2D eigenvalue weighted by Crippen LogP contribution is 2.21. The molecule has 0 saturated carbocycles. The van der Waals surface area contributed by atoms with Crippen LogP contribution in [0.5, 0.6) is 11.6 Å². The van der Waals surface area contributed by atoms with Gasteiger partial charge < -0.3 is 14.8 Å². The van der Waals surface area contributed by atoms with Gasteiger partial charge in [-0.05, 0) is 18.1 Å². The molecule has 5 nitrogen and oxygen atoms in total. The predicted molar refractivity (Wildman–Crippen MR) is 62.2 cm³/mol. The Morgan fingerprint density at radius 2 is 2.18 bits per heavy atom. The molecule has 0 saturated heterocycles. The number of nitrogens with zero attached hydrogens (tertiary/aromatic N) is 1. The first-order valence-corrected chi connectivity index (χ1v) is 5.21. The van der Waals surface area contributed by atoms with Gasteiger partial charge in [0.15, 0.2) is 0 Å². The predicted octanol–water partition coefficient (Wildman–Crippen LogP) is 1.10. The second kappa shape index (κ2) is 5.27. The topological polar surface area (TPSA) is 75.2 Å². The molecule has 17 heavy (non-hydrogen) atoms. The third-order valence-electron chi connectivity index (χ3n) is 2.24. The molecule has 0 amide bonds. The van der Waals surface area contributed by atoms with Crippen molar-refractivity contribution < 1.29 is 9.84 Å². The number of hydrogen-bond acceptors (Lipinski definition) is 4. The Morgan fingerprint density at radius 1 is 1.35 bits per heavy atom. The summed E-state index contributed by atoms with van der Waals surface area (Å²) in [7, 11) is 0. The molecule has 0 fully saturated rings. The molecule has 1 aromatic carbocycles. The van der Waals surface area contributed by atoms with E-state index >= 15 is 0 Å². The number of ether oxygens (including phenoxy) is 1. The molecule has 2 rings (SSSR count). The lowest BCUT2D eigenvalue weighted by Crippen LogP contribution is -2.10. The normalized spacial score (nSPS) is 10.2. The quantitative estimate of drug-likeness (QED) is 0.827. The molecular weight excluding hydrogens is 220 g/mol. The number of H-pyrrole nitrogens is 1. The van der Waals surface area contributed by atoms with Gasteiger partial charge in [-0.3, -0.25) is 4.79 Å². The van der Waals surface area contributed by atoms with Gasteiger partial charge in [-0.25, -0.2) is 4.98 Å². The average molecular weight is 232 g/mol. The van der Waals surface area contributed by atoms with E-state index in [0.717, 1.165) is 5.56 Å². The summed E-state index contributed by atoms with van der Waals surface area (Å²) in [5, 5.41) is 8.93. The molecule has 0 atom stereocenters. The standard InChI is InChI=1S/C12H12N2O3/c15-8-5-9-3-1-2-4-10(9)17-12-11(16)13-6-7-14-12/h1-4,6-7,15H,5,8H2,(H,13,16). The van der Waals surface area contributed by atoms with Gasteiger partial charge >= 0.3 is 5.56 Å². The Morgan fingerprint density at radius 3 is 2.94 bits per heavy atom. The van der Waals surface area contributed by atoms with Crippen molar-refractivity contribution in [3.05, 3.63) is 52.6 Å². The van der Waals surface area contributed by atoms with Gasteiger partial charge in [0.25, 0.3) is 5.88 Å². The zero-order valence-electron chi connectivity index (χ0n) is 9.09. The minimum atomic E-state index is -0.383. The first-order chi connectivity index (χ1) is 8.31. The van der Waals surface area contributed by atoms with Crippen LogP contribution in [0, 0.1) is 0 Å². The average Bonchev–Trinajstić information content (AvgIpc) is 2.35. The van der Waals surface area contributed by atoms with Crippen LogP contribution in [0.4, 0.5) is 0 Å². The van der Waals surface area contributed by atoms with Gasteiger partial charge in [-0.2, -0.15) is 0 Å². The summed E-state index contributed by atoms with van der Waals surface area (Å²) in [5.74, 6) is 0.531. The van der Waals surface area contributed by atoms with E-state index < -0.39 is 0 Å². The summed E-state index contributed by atoms with van der Waals surface area (Å²) >= 11 is 0. The van der Waals surface area contributed by atoms with Crippen LogP contribution < -0.4 is 10.3 Å². The Bertz CT molecular complexity index is 551. The van der Waals surface area contributed by atoms with Crippen molar-refractivity contribution in [2.24, 2.45) is 0 Å². The molecule has 1 heterocycles. The maximum atomic E-state index is 11.4. The lowest BCUT2D eigenvalue weighted by Gasteiger charge is -2.08. The third kappa shape index (κ3) is 2.70. The molecule has 0 aliphatic rings. The molecule has 0 spiro atoms. The van der Waals surface area contributed by atoms with E-state index in [0.29, 0.717) is 12.2 Å². The van der Waals surface area contributed by atoms with Gasteiger partial charge in [-0.15, -0.1) is 0 Å². The van der Waals surface area contributed by atoms with Crippen molar-refractivity contribution >= 4 is 0 Å². The number of benzene rings is 1. The van der Waals surface area contributed by atoms with E-state index in [2.05, 4.69) is 9.97 Å². The Hall–Kier alpha value is -2.14. The van der Waals surface area contributed by atoms with Crippen molar-refractivity contribution in [1.29, 1.82) is 0 Å². The van der Waals surface area contributed by atoms with Crippen molar-refractivity contribution in [2.45, 2.75) is 6.42 Å². The largest absolute Gasteiger partial charge is 0.434 e. The summed E-state index contributed by atoms with van der Waals surface area (Å²) in [6, 6.07) is 7.22. The first kappa shape index (κ1) is 11.3. The highest BCUT2D eigenvalue weighted by Gasteiger charge is 2.07. The maximum Gasteiger partial charge on any atom is 0.311 e. The minimum absolute atomic E-state index is 0.00195. The smallest absolute Gasteiger partial charge is 0.311 e. The van der Waals surface area contributed by atoms with E-state index in [9.17, 15) is 4.79 Å². The number of para-hydroxylation sites is 1. The van der Waals surface area contributed by atoms with Crippen molar-refractivity contribution in [1.82, 2.24) is 9.97 Å². The summed E-state index contributed by atoms with van der Waals surface area (Å²) in [5.41, 5.74) is 0.450. The van der Waals surface area contributed by atoms with E-state index in [1.807, 2.05) is 12.1 Å². The summed E-state index contributed by atoms with van der Waals surface area (Å²) in [6.45, 7) is 0.0267. The molecule has 2 aromatic rings.